The molecule has 170 valence electrons. The second-order valence-electron chi connectivity index (χ2n) is 8.56. The maximum Gasteiger partial charge on any atom is 0.232 e. The molecule has 0 heterocycles. The summed E-state index contributed by atoms with van der Waals surface area (Å²) in [6.45, 7) is 6.58. The summed E-state index contributed by atoms with van der Waals surface area (Å²) in [6.07, 6.45) is 2.67. The van der Waals surface area contributed by atoms with Gasteiger partial charge >= 0.3 is 0 Å². The molecule has 0 aromatic heterocycles. The second kappa shape index (κ2) is 10.7. The summed E-state index contributed by atoms with van der Waals surface area (Å²) in [5.41, 5.74) is 1.73. The van der Waals surface area contributed by atoms with E-state index in [1.165, 1.54) is 16.1 Å². The standard InChI is InChI=1S/C24H34N2O4S/c1-19(18-24(2,3)20-10-7-6-8-11-20)25-23(27)12-9-17-26(31(5,28)29)21-13-15-22(30-4)16-14-21/h6-8,10-11,13-16,19H,9,12,17-18H2,1-5H3,(H,25,27)/t19-/m1/s1. The van der Waals surface area contributed by atoms with Crippen LogP contribution in [-0.2, 0) is 20.2 Å². The van der Waals surface area contributed by atoms with E-state index in [1.54, 1.807) is 31.4 Å². The van der Waals surface area contributed by atoms with Gasteiger partial charge in [0.15, 0.2) is 0 Å². The minimum absolute atomic E-state index is 0.00954. The molecule has 1 atom stereocenters. The normalized spacial score (nSPS) is 12.8. The van der Waals surface area contributed by atoms with Crippen LogP contribution in [0.2, 0.25) is 0 Å². The van der Waals surface area contributed by atoms with Gasteiger partial charge in [0, 0.05) is 19.0 Å². The van der Waals surface area contributed by atoms with E-state index in [-0.39, 0.29) is 30.3 Å². The summed E-state index contributed by atoms with van der Waals surface area (Å²) >= 11 is 0. The maximum atomic E-state index is 12.4. The van der Waals surface area contributed by atoms with Crippen molar-refractivity contribution >= 4 is 21.6 Å². The number of amides is 1. The Morgan fingerprint density at radius 1 is 1.10 bits per heavy atom. The molecule has 2 aromatic carbocycles. The summed E-state index contributed by atoms with van der Waals surface area (Å²) in [5.74, 6) is 0.587. The lowest BCUT2D eigenvalue weighted by atomic mass is 9.79. The van der Waals surface area contributed by atoms with Gasteiger partial charge < -0.3 is 10.1 Å². The van der Waals surface area contributed by atoms with Gasteiger partial charge in [0.05, 0.1) is 19.1 Å². The van der Waals surface area contributed by atoms with Crippen molar-refractivity contribution in [2.45, 2.75) is 51.5 Å². The van der Waals surface area contributed by atoms with Crippen LogP contribution in [0.25, 0.3) is 0 Å². The Morgan fingerprint density at radius 2 is 1.71 bits per heavy atom. The Kier molecular flexibility index (Phi) is 8.51. The number of methoxy groups -OCH3 is 1. The number of nitrogens with one attached hydrogen (secondary N) is 1. The number of hydrogen-bond acceptors (Lipinski definition) is 4. The number of nitrogens with zero attached hydrogens (tertiary/aromatic N) is 1. The van der Waals surface area contributed by atoms with E-state index in [9.17, 15) is 13.2 Å². The molecule has 1 N–H and O–H groups in total. The maximum absolute atomic E-state index is 12.4. The Morgan fingerprint density at radius 3 is 2.26 bits per heavy atom. The Labute approximate surface area is 186 Å². The van der Waals surface area contributed by atoms with Gasteiger partial charge in [-0.25, -0.2) is 8.42 Å². The number of benzene rings is 2. The van der Waals surface area contributed by atoms with E-state index >= 15 is 0 Å². The number of hydrogen-bond donors (Lipinski definition) is 1. The molecule has 0 fully saturated rings. The molecule has 0 saturated heterocycles. The summed E-state index contributed by atoms with van der Waals surface area (Å²) in [5, 5.41) is 3.05. The van der Waals surface area contributed by atoms with Crippen LogP contribution in [0.5, 0.6) is 5.75 Å². The van der Waals surface area contributed by atoms with Gasteiger partial charge in [0.1, 0.15) is 5.75 Å². The molecule has 0 radical (unpaired) electrons. The number of anilines is 1. The molecule has 6 nitrogen and oxygen atoms in total. The Hall–Kier alpha value is -2.54. The second-order valence-corrected chi connectivity index (χ2v) is 10.5. The predicted molar refractivity (Wildman–Crippen MR) is 126 cm³/mol. The number of rotatable bonds is 11. The highest BCUT2D eigenvalue weighted by Gasteiger charge is 2.24. The van der Waals surface area contributed by atoms with Crippen LogP contribution in [0.3, 0.4) is 0 Å². The van der Waals surface area contributed by atoms with Crippen LogP contribution in [0.1, 0.15) is 45.6 Å². The summed E-state index contributed by atoms with van der Waals surface area (Å²) in [6, 6.07) is 17.1. The zero-order chi connectivity index (χ0) is 23.1. The molecule has 7 heteroatoms. The van der Waals surface area contributed by atoms with Crippen molar-refractivity contribution in [3.63, 3.8) is 0 Å². The van der Waals surface area contributed by atoms with E-state index in [1.807, 2.05) is 25.1 Å². The molecule has 0 spiro atoms. The van der Waals surface area contributed by atoms with Gasteiger partial charge in [0.25, 0.3) is 0 Å². The minimum atomic E-state index is -3.45. The number of ether oxygens (including phenoxy) is 1. The molecule has 0 aliphatic heterocycles. The van der Waals surface area contributed by atoms with Crippen molar-refractivity contribution in [1.29, 1.82) is 0 Å². The number of carbonyl (C=O) groups is 1. The Balaban J connectivity index is 1.88. The highest BCUT2D eigenvalue weighted by atomic mass is 32.2. The van der Waals surface area contributed by atoms with E-state index in [0.29, 0.717) is 17.9 Å². The molecule has 0 saturated carbocycles. The van der Waals surface area contributed by atoms with Crippen molar-refractivity contribution in [3.05, 3.63) is 60.2 Å². The van der Waals surface area contributed by atoms with Gasteiger partial charge in [-0.05, 0) is 55.0 Å². The number of carbonyl (C=O) groups excluding carboxylic acids is 1. The largest absolute Gasteiger partial charge is 0.497 e. The monoisotopic (exact) mass is 446 g/mol. The zero-order valence-corrected chi connectivity index (χ0v) is 19.9. The van der Waals surface area contributed by atoms with E-state index < -0.39 is 10.0 Å². The highest BCUT2D eigenvalue weighted by molar-refractivity contribution is 7.92. The first-order valence-corrected chi connectivity index (χ1v) is 12.3. The summed E-state index contributed by atoms with van der Waals surface area (Å²) in [7, 11) is -1.89. The smallest absolute Gasteiger partial charge is 0.232 e. The highest BCUT2D eigenvalue weighted by Crippen LogP contribution is 2.28. The first kappa shape index (κ1) is 24.7. The fraction of sp³-hybridized carbons (Fsp3) is 0.458. The fourth-order valence-corrected chi connectivity index (χ4v) is 4.75. The Bertz CT molecular complexity index is 941. The van der Waals surface area contributed by atoms with Crippen molar-refractivity contribution < 1.29 is 17.9 Å². The molecule has 2 aromatic rings. The van der Waals surface area contributed by atoms with Crippen LogP contribution < -0.4 is 14.4 Å². The molecule has 2 rings (SSSR count). The molecule has 0 unspecified atom stereocenters. The first-order valence-electron chi connectivity index (χ1n) is 10.5. The SMILES string of the molecule is COc1ccc(N(CCCC(=O)N[C@H](C)CC(C)(C)c2ccccc2)S(C)(=O)=O)cc1. The van der Waals surface area contributed by atoms with E-state index in [2.05, 4.69) is 31.3 Å². The van der Waals surface area contributed by atoms with Gasteiger partial charge in [-0.3, -0.25) is 9.10 Å². The van der Waals surface area contributed by atoms with Crippen molar-refractivity contribution in [3.8, 4) is 5.75 Å². The lowest BCUT2D eigenvalue weighted by molar-refractivity contribution is -0.121. The van der Waals surface area contributed by atoms with Crippen LogP contribution in [0, 0.1) is 0 Å². The van der Waals surface area contributed by atoms with Crippen LogP contribution in [-0.4, -0.2) is 40.3 Å². The average molecular weight is 447 g/mol. The van der Waals surface area contributed by atoms with E-state index in [0.717, 1.165) is 6.42 Å². The van der Waals surface area contributed by atoms with Crippen molar-refractivity contribution in [2.24, 2.45) is 0 Å². The summed E-state index contributed by atoms with van der Waals surface area (Å²) in [4.78, 5) is 12.4. The van der Waals surface area contributed by atoms with Gasteiger partial charge in [-0.1, -0.05) is 44.2 Å². The van der Waals surface area contributed by atoms with Crippen LogP contribution in [0.15, 0.2) is 54.6 Å². The molecule has 31 heavy (non-hydrogen) atoms. The molecule has 1 amide bonds. The molecule has 0 aliphatic rings. The van der Waals surface area contributed by atoms with Crippen LogP contribution in [0.4, 0.5) is 5.69 Å². The van der Waals surface area contributed by atoms with Gasteiger partial charge in [-0.15, -0.1) is 0 Å². The van der Waals surface area contributed by atoms with Crippen molar-refractivity contribution in [2.75, 3.05) is 24.2 Å². The fourth-order valence-electron chi connectivity index (χ4n) is 3.79. The zero-order valence-electron chi connectivity index (χ0n) is 19.1. The lowest BCUT2D eigenvalue weighted by Crippen LogP contribution is -2.38. The molecule has 0 aliphatic carbocycles. The average Bonchev–Trinajstić information content (AvgIpc) is 2.70. The lowest BCUT2D eigenvalue weighted by Gasteiger charge is -2.29. The molecular weight excluding hydrogens is 412 g/mol. The third-order valence-electron chi connectivity index (χ3n) is 5.30. The third kappa shape index (κ3) is 7.58. The molecular formula is C24H34N2O4S. The third-order valence-corrected chi connectivity index (χ3v) is 6.50. The van der Waals surface area contributed by atoms with Crippen molar-refractivity contribution in [1.82, 2.24) is 5.32 Å². The number of sulfonamides is 1. The van der Waals surface area contributed by atoms with Gasteiger partial charge in [-0.2, -0.15) is 0 Å². The summed E-state index contributed by atoms with van der Waals surface area (Å²) < 4.78 is 30.9. The first-order chi connectivity index (χ1) is 14.5. The molecule has 0 bridgehead atoms. The van der Waals surface area contributed by atoms with Crippen LogP contribution >= 0.6 is 0 Å². The van der Waals surface area contributed by atoms with Gasteiger partial charge in [0.2, 0.25) is 15.9 Å². The predicted octanol–water partition coefficient (Wildman–Crippen LogP) is 4.11. The topological polar surface area (TPSA) is 75.7 Å². The quantitative estimate of drug-likeness (QED) is 0.564. The minimum Gasteiger partial charge on any atom is -0.497 e. The van der Waals surface area contributed by atoms with E-state index in [4.69, 9.17) is 4.74 Å².